The summed E-state index contributed by atoms with van der Waals surface area (Å²) in [6.07, 6.45) is 14.9. The van der Waals surface area contributed by atoms with Crippen molar-refractivity contribution in [2.45, 2.75) is 83.1 Å². The van der Waals surface area contributed by atoms with E-state index in [1.54, 1.807) is 0 Å². The van der Waals surface area contributed by atoms with E-state index < -0.39 is 0 Å². The molecule has 0 aromatic carbocycles. The van der Waals surface area contributed by atoms with Gasteiger partial charge >= 0.3 is 0 Å². The monoisotopic (exact) mass is 292 g/mol. The minimum absolute atomic E-state index is 0.387. The number of piperidine rings is 1. The van der Waals surface area contributed by atoms with Crippen LogP contribution in [0.5, 0.6) is 0 Å². The molecule has 0 aromatic heterocycles. The maximum atomic E-state index is 12.5. The smallest absolute Gasteiger partial charge is 0.222 e. The van der Waals surface area contributed by atoms with Gasteiger partial charge in [-0.25, -0.2) is 0 Å². The van der Waals surface area contributed by atoms with Gasteiger partial charge in [-0.15, -0.1) is 0 Å². The molecule has 21 heavy (non-hydrogen) atoms. The van der Waals surface area contributed by atoms with Crippen LogP contribution >= 0.6 is 0 Å². The fourth-order valence-corrected chi connectivity index (χ4v) is 4.80. The normalized spacial score (nSPS) is 33.1. The van der Waals surface area contributed by atoms with E-state index in [0.717, 1.165) is 45.2 Å². The fourth-order valence-electron chi connectivity index (χ4n) is 4.80. The molecule has 3 aliphatic rings. The van der Waals surface area contributed by atoms with E-state index in [1.807, 2.05) is 0 Å². The van der Waals surface area contributed by atoms with E-state index in [4.69, 9.17) is 5.73 Å². The quantitative estimate of drug-likeness (QED) is 0.847. The highest BCUT2D eigenvalue weighted by molar-refractivity contribution is 5.76. The van der Waals surface area contributed by atoms with Crippen molar-refractivity contribution in [2.75, 3.05) is 13.1 Å². The van der Waals surface area contributed by atoms with Crippen LogP contribution in [0, 0.1) is 11.3 Å². The van der Waals surface area contributed by atoms with E-state index in [1.165, 1.54) is 44.9 Å². The molecule has 1 aliphatic heterocycles. The minimum Gasteiger partial charge on any atom is -0.343 e. The fraction of sp³-hybridized carbons (Fsp3) is 0.944. The zero-order chi connectivity index (χ0) is 14.7. The highest BCUT2D eigenvalue weighted by Gasteiger charge is 2.36. The van der Waals surface area contributed by atoms with Crippen molar-refractivity contribution in [3.63, 3.8) is 0 Å². The predicted molar refractivity (Wildman–Crippen MR) is 85.9 cm³/mol. The van der Waals surface area contributed by atoms with Crippen molar-refractivity contribution < 1.29 is 4.79 Å². The van der Waals surface area contributed by atoms with Gasteiger partial charge in [0.1, 0.15) is 0 Å². The van der Waals surface area contributed by atoms with E-state index >= 15 is 0 Å². The number of nitrogens with two attached hydrogens (primary N) is 1. The number of nitrogens with zero attached hydrogens (tertiary/aromatic N) is 1. The molecular formula is C18H32N2O. The molecule has 1 saturated heterocycles. The lowest BCUT2D eigenvalue weighted by molar-refractivity contribution is -0.135. The maximum Gasteiger partial charge on any atom is 0.222 e. The summed E-state index contributed by atoms with van der Waals surface area (Å²) in [4.78, 5) is 14.7. The van der Waals surface area contributed by atoms with Crippen molar-refractivity contribution in [1.29, 1.82) is 0 Å². The second-order valence-corrected chi connectivity index (χ2v) is 7.93. The van der Waals surface area contributed by atoms with Crippen LogP contribution in [0.15, 0.2) is 0 Å². The van der Waals surface area contributed by atoms with Gasteiger partial charge in [0.05, 0.1) is 0 Å². The minimum atomic E-state index is 0.387. The molecular weight excluding hydrogens is 260 g/mol. The summed E-state index contributed by atoms with van der Waals surface area (Å²) in [6, 6.07) is 0.387. The molecule has 1 amide bonds. The van der Waals surface area contributed by atoms with Crippen LogP contribution in [0.25, 0.3) is 0 Å². The van der Waals surface area contributed by atoms with Crippen molar-refractivity contribution in [3.8, 4) is 0 Å². The molecule has 0 unspecified atom stereocenters. The molecule has 2 N–H and O–H groups in total. The molecule has 0 radical (unpaired) electrons. The van der Waals surface area contributed by atoms with Crippen LogP contribution in [-0.4, -0.2) is 29.9 Å². The maximum absolute atomic E-state index is 12.5. The molecule has 0 bridgehead atoms. The summed E-state index contributed by atoms with van der Waals surface area (Å²) >= 11 is 0. The highest BCUT2D eigenvalue weighted by atomic mass is 16.2. The van der Waals surface area contributed by atoms with E-state index in [2.05, 4.69) is 4.90 Å². The Morgan fingerprint density at radius 1 is 0.952 bits per heavy atom. The lowest BCUT2D eigenvalue weighted by Gasteiger charge is -2.44. The van der Waals surface area contributed by atoms with Crippen molar-refractivity contribution in [3.05, 3.63) is 0 Å². The molecule has 3 nitrogen and oxygen atoms in total. The van der Waals surface area contributed by atoms with Gasteiger partial charge in [-0.05, 0) is 62.7 Å². The first-order valence-electron chi connectivity index (χ1n) is 9.20. The van der Waals surface area contributed by atoms with Crippen LogP contribution in [-0.2, 0) is 4.79 Å². The third kappa shape index (κ3) is 3.80. The lowest BCUT2D eigenvalue weighted by Crippen LogP contribution is -2.44. The molecule has 1 spiro atoms. The summed E-state index contributed by atoms with van der Waals surface area (Å²) in [7, 11) is 0. The number of carbonyl (C=O) groups is 1. The predicted octanol–water partition coefficient (Wildman–Crippen LogP) is 3.47. The number of rotatable bonds is 2. The second-order valence-electron chi connectivity index (χ2n) is 7.93. The molecule has 120 valence electrons. The van der Waals surface area contributed by atoms with Gasteiger partial charge in [-0.1, -0.05) is 19.3 Å². The lowest BCUT2D eigenvalue weighted by atomic mass is 9.68. The molecule has 2 aliphatic carbocycles. The Hall–Kier alpha value is -0.570. The van der Waals surface area contributed by atoms with Crippen molar-refractivity contribution >= 4 is 5.91 Å². The summed E-state index contributed by atoms with van der Waals surface area (Å²) < 4.78 is 0. The van der Waals surface area contributed by atoms with Crippen LogP contribution in [0.3, 0.4) is 0 Å². The number of carbonyl (C=O) groups excluding carboxylic acids is 1. The van der Waals surface area contributed by atoms with Gasteiger partial charge < -0.3 is 10.6 Å². The Morgan fingerprint density at radius 3 is 2.19 bits per heavy atom. The average molecular weight is 292 g/mol. The summed E-state index contributed by atoms with van der Waals surface area (Å²) in [6.45, 7) is 2.04. The number of hydrogen-bond donors (Lipinski definition) is 1. The van der Waals surface area contributed by atoms with Crippen molar-refractivity contribution in [2.24, 2.45) is 17.1 Å². The highest BCUT2D eigenvalue weighted by Crippen LogP contribution is 2.44. The standard InChI is InChI=1S/C18H32N2O/c19-16-6-4-15(5-7-16)14-17(21)20-12-10-18(11-13-20)8-2-1-3-9-18/h15-16H,1-14,19H2. The SMILES string of the molecule is NC1CCC(CC(=O)N2CCC3(CCCCC3)CC2)CC1. The molecule has 1 heterocycles. The molecule has 0 aromatic rings. The topological polar surface area (TPSA) is 46.3 Å². The molecule has 3 heteroatoms. The summed E-state index contributed by atoms with van der Waals surface area (Å²) in [5, 5.41) is 0. The number of likely N-dealkylation sites (tertiary alicyclic amines) is 1. The summed E-state index contributed by atoms with van der Waals surface area (Å²) in [5.41, 5.74) is 6.56. The first kappa shape index (κ1) is 15.3. The van der Waals surface area contributed by atoms with E-state index in [0.29, 0.717) is 23.3 Å². The zero-order valence-electron chi connectivity index (χ0n) is 13.5. The molecule has 3 fully saturated rings. The first-order chi connectivity index (χ1) is 10.2. The van der Waals surface area contributed by atoms with E-state index in [9.17, 15) is 4.79 Å². The number of hydrogen-bond acceptors (Lipinski definition) is 2. The third-order valence-corrected chi connectivity index (χ3v) is 6.45. The Kier molecular flexibility index (Phi) is 4.88. The summed E-state index contributed by atoms with van der Waals surface area (Å²) in [5.74, 6) is 1.02. The van der Waals surface area contributed by atoms with Gasteiger partial charge in [0.15, 0.2) is 0 Å². The van der Waals surface area contributed by atoms with Crippen LogP contribution < -0.4 is 5.73 Å². The second kappa shape index (κ2) is 6.68. The molecule has 0 atom stereocenters. The van der Waals surface area contributed by atoms with Gasteiger partial charge in [0.25, 0.3) is 0 Å². The third-order valence-electron chi connectivity index (χ3n) is 6.45. The van der Waals surface area contributed by atoms with Gasteiger partial charge in [0.2, 0.25) is 5.91 Å². The van der Waals surface area contributed by atoms with Gasteiger partial charge in [-0.2, -0.15) is 0 Å². The van der Waals surface area contributed by atoms with Crippen LogP contribution in [0.1, 0.15) is 77.0 Å². The Balaban J connectivity index is 1.44. The zero-order valence-corrected chi connectivity index (χ0v) is 13.5. The molecule has 2 saturated carbocycles. The Labute approximate surface area is 129 Å². The van der Waals surface area contributed by atoms with Gasteiger partial charge in [0, 0.05) is 25.6 Å². The van der Waals surface area contributed by atoms with E-state index in [-0.39, 0.29) is 0 Å². The molecule has 3 rings (SSSR count). The van der Waals surface area contributed by atoms with Crippen LogP contribution in [0.2, 0.25) is 0 Å². The Bertz CT molecular complexity index is 344. The van der Waals surface area contributed by atoms with Crippen molar-refractivity contribution in [1.82, 2.24) is 4.90 Å². The first-order valence-corrected chi connectivity index (χ1v) is 9.20. The average Bonchev–Trinajstić information content (AvgIpc) is 2.51. The van der Waals surface area contributed by atoms with Crippen LogP contribution in [0.4, 0.5) is 0 Å². The Morgan fingerprint density at radius 2 is 1.57 bits per heavy atom. The number of amides is 1. The largest absolute Gasteiger partial charge is 0.343 e. The van der Waals surface area contributed by atoms with Gasteiger partial charge in [-0.3, -0.25) is 4.79 Å².